The van der Waals surface area contributed by atoms with Crippen LogP contribution in [0, 0.1) is 6.92 Å². The Morgan fingerprint density at radius 3 is 2.60 bits per heavy atom. The number of methoxy groups -OCH3 is 1. The highest BCUT2D eigenvalue weighted by Crippen LogP contribution is 2.43. The van der Waals surface area contributed by atoms with Crippen LogP contribution in [0.2, 0.25) is 0 Å². The first-order valence-electron chi connectivity index (χ1n) is 10.5. The van der Waals surface area contributed by atoms with Crippen LogP contribution < -0.4 is 9.47 Å². The highest BCUT2D eigenvalue weighted by atomic mass is 32.2. The molecule has 0 spiro atoms. The fourth-order valence-electron chi connectivity index (χ4n) is 4.18. The van der Waals surface area contributed by atoms with Crippen molar-refractivity contribution in [1.82, 2.24) is 24.6 Å². The number of ether oxygens (including phenoxy) is 2. The predicted molar refractivity (Wildman–Crippen MR) is 116 cm³/mol. The van der Waals surface area contributed by atoms with Gasteiger partial charge in [-0.25, -0.2) is 4.98 Å². The lowest BCUT2D eigenvalue weighted by Gasteiger charge is -2.40. The quantitative estimate of drug-likeness (QED) is 0.662. The molecule has 1 saturated heterocycles. The third-order valence-corrected chi connectivity index (χ3v) is 6.92. The Kier molecular flexibility index (Phi) is 6.31. The van der Waals surface area contributed by atoms with Crippen LogP contribution in [0.15, 0.2) is 23.4 Å². The number of aromatic nitrogens is 3. The number of thioether (sulfide) groups is 1. The fraction of sp³-hybridized carbons (Fsp3) is 0.571. The molecular weight excluding hydrogens is 402 g/mol. The summed E-state index contributed by atoms with van der Waals surface area (Å²) in [5.74, 6) is 2.02. The van der Waals surface area contributed by atoms with Crippen LogP contribution in [0.4, 0.5) is 0 Å². The van der Waals surface area contributed by atoms with Crippen molar-refractivity contribution in [2.24, 2.45) is 0 Å². The van der Waals surface area contributed by atoms with Gasteiger partial charge in [0.2, 0.25) is 0 Å². The number of carbonyl (C=O) groups excluding carboxylic acids is 1. The number of hydrogen-bond acceptors (Lipinski definition) is 8. The van der Waals surface area contributed by atoms with Gasteiger partial charge in [-0.3, -0.25) is 9.69 Å². The molecule has 30 heavy (non-hydrogen) atoms. The Morgan fingerprint density at radius 1 is 1.20 bits per heavy atom. The van der Waals surface area contributed by atoms with Crippen molar-refractivity contribution in [3.8, 4) is 11.5 Å². The topological polar surface area (TPSA) is 72.7 Å². The predicted octanol–water partition coefficient (Wildman–Crippen LogP) is 2.49. The number of fused-ring (bicyclic) bond motifs is 1. The summed E-state index contributed by atoms with van der Waals surface area (Å²) < 4.78 is 12.7. The van der Waals surface area contributed by atoms with Gasteiger partial charge in [-0.15, -0.1) is 5.10 Å². The van der Waals surface area contributed by atoms with Crippen molar-refractivity contribution in [3.05, 3.63) is 29.6 Å². The van der Waals surface area contributed by atoms with Gasteiger partial charge < -0.3 is 14.4 Å². The van der Waals surface area contributed by atoms with E-state index >= 15 is 0 Å². The summed E-state index contributed by atoms with van der Waals surface area (Å²) in [6.45, 7) is 11.4. The Hall–Kier alpha value is -2.10. The molecule has 2 aromatic rings. The standard InChI is InChI=1S/C21H29N5O3S/c1-5-24-9-11-25(12-10-24)18(15-7-8-16(29-6-2)17(13-15)28-4)19-20(27)26-21(30-19)22-14(3)23-26/h7-8,13,18-19H,5-6,9-12H2,1-4H3. The van der Waals surface area contributed by atoms with Crippen LogP contribution in [0.1, 0.15) is 36.1 Å². The zero-order valence-electron chi connectivity index (χ0n) is 18.0. The molecule has 2 unspecified atom stereocenters. The van der Waals surface area contributed by atoms with Crippen molar-refractivity contribution in [3.63, 3.8) is 0 Å². The molecular formula is C21H29N5O3S. The van der Waals surface area contributed by atoms with Crippen LogP contribution in [-0.4, -0.2) is 82.2 Å². The van der Waals surface area contributed by atoms with Crippen LogP contribution in [0.25, 0.3) is 0 Å². The minimum atomic E-state index is -0.295. The molecule has 0 saturated carbocycles. The van der Waals surface area contributed by atoms with Gasteiger partial charge in [0.05, 0.1) is 19.8 Å². The highest BCUT2D eigenvalue weighted by Gasteiger charge is 2.43. The van der Waals surface area contributed by atoms with Crippen LogP contribution >= 0.6 is 11.8 Å². The van der Waals surface area contributed by atoms with Gasteiger partial charge in [0.25, 0.3) is 5.91 Å². The summed E-state index contributed by atoms with van der Waals surface area (Å²) in [4.78, 5) is 22.5. The molecule has 3 heterocycles. The van der Waals surface area contributed by atoms with E-state index in [2.05, 4.69) is 32.9 Å². The summed E-state index contributed by atoms with van der Waals surface area (Å²) in [5.41, 5.74) is 1.05. The first-order chi connectivity index (χ1) is 14.5. The van der Waals surface area contributed by atoms with E-state index in [1.165, 1.54) is 16.4 Å². The molecule has 2 aliphatic heterocycles. The van der Waals surface area contributed by atoms with E-state index in [4.69, 9.17) is 9.47 Å². The molecule has 1 aromatic carbocycles. The van der Waals surface area contributed by atoms with Crippen molar-refractivity contribution >= 4 is 17.7 Å². The number of hydrogen-bond donors (Lipinski definition) is 0. The van der Waals surface area contributed by atoms with Gasteiger partial charge in [-0.05, 0) is 38.1 Å². The van der Waals surface area contributed by atoms with E-state index in [1.54, 1.807) is 7.11 Å². The number of carbonyl (C=O) groups is 1. The Labute approximate surface area is 181 Å². The minimum absolute atomic E-state index is 0.00799. The summed E-state index contributed by atoms with van der Waals surface area (Å²) >= 11 is 1.51. The molecule has 1 fully saturated rings. The third kappa shape index (κ3) is 3.93. The maximum atomic E-state index is 13.3. The second-order valence-corrected chi connectivity index (χ2v) is 8.60. The molecule has 2 aliphatic rings. The molecule has 162 valence electrons. The van der Waals surface area contributed by atoms with Crippen molar-refractivity contribution in [2.45, 2.75) is 37.2 Å². The average Bonchev–Trinajstić information content (AvgIpc) is 3.27. The number of rotatable bonds is 7. The molecule has 2 atom stereocenters. The summed E-state index contributed by atoms with van der Waals surface area (Å²) in [6.07, 6.45) is 0. The van der Waals surface area contributed by atoms with Gasteiger partial charge >= 0.3 is 0 Å². The maximum Gasteiger partial charge on any atom is 0.264 e. The number of likely N-dealkylation sites (N-methyl/N-ethyl adjacent to an activating group) is 1. The largest absolute Gasteiger partial charge is 0.493 e. The molecule has 1 aromatic heterocycles. The lowest BCUT2D eigenvalue weighted by atomic mass is 9.99. The lowest BCUT2D eigenvalue weighted by Crippen LogP contribution is -2.50. The molecule has 0 N–H and O–H groups in total. The summed E-state index contributed by atoms with van der Waals surface area (Å²) in [7, 11) is 1.65. The highest BCUT2D eigenvalue weighted by molar-refractivity contribution is 8.00. The van der Waals surface area contributed by atoms with Gasteiger partial charge in [-0.2, -0.15) is 4.68 Å². The second kappa shape index (κ2) is 8.95. The molecule has 0 amide bonds. The first-order valence-corrected chi connectivity index (χ1v) is 11.3. The number of piperazine rings is 1. The van der Waals surface area contributed by atoms with E-state index in [9.17, 15) is 4.79 Å². The molecule has 0 radical (unpaired) electrons. The number of benzene rings is 1. The zero-order chi connectivity index (χ0) is 21.3. The van der Waals surface area contributed by atoms with Crippen molar-refractivity contribution in [1.29, 1.82) is 0 Å². The maximum absolute atomic E-state index is 13.3. The first kappa shape index (κ1) is 21.1. The van der Waals surface area contributed by atoms with Crippen LogP contribution in [-0.2, 0) is 0 Å². The average molecular weight is 432 g/mol. The molecule has 9 heteroatoms. The normalized spacial score (nSPS) is 20.9. The minimum Gasteiger partial charge on any atom is -0.493 e. The van der Waals surface area contributed by atoms with Crippen molar-refractivity contribution < 1.29 is 14.3 Å². The van der Waals surface area contributed by atoms with Gasteiger partial charge in [-0.1, -0.05) is 24.8 Å². The SMILES string of the molecule is CCOc1ccc(C(C2Sc3nc(C)nn3C2=O)N2CCN(CC)CC2)cc1OC. The molecule has 0 aliphatic carbocycles. The van der Waals surface area contributed by atoms with E-state index in [-0.39, 0.29) is 17.2 Å². The fourth-order valence-corrected chi connectivity index (χ4v) is 5.48. The van der Waals surface area contributed by atoms with E-state index < -0.39 is 0 Å². The number of nitrogens with zero attached hydrogens (tertiary/aromatic N) is 5. The molecule has 8 nitrogen and oxygen atoms in total. The van der Waals surface area contributed by atoms with Crippen LogP contribution in [0.5, 0.6) is 11.5 Å². The van der Waals surface area contributed by atoms with Gasteiger partial charge in [0.1, 0.15) is 11.1 Å². The van der Waals surface area contributed by atoms with Gasteiger partial charge in [0, 0.05) is 26.2 Å². The summed E-state index contributed by atoms with van der Waals surface area (Å²) in [6, 6.07) is 5.92. The van der Waals surface area contributed by atoms with Gasteiger partial charge in [0.15, 0.2) is 16.7 Å². The van der Waals surface area contributed by atoms with E-state index in [1.807, 2.05) is 26.0 Å². The Morgan fingerprint density at radius 2 is 1.97 bits per heavy atom. The Balaban J connectivity index is 1.68. The van der Waals surface area contributed by atoms with Crippen molar-refractivity contribution in [2.75, 3.05) is 46.4 Å². The Bertz CT molecular complexity index is 910. The monoisotopic (exact) mass is 431 g/mol. The molecule has 4 rings (SSSR count). The number of aryl methyl sites for hydroxylation is 1. The molecule has 0 bridgehead atoms. The second-order valence-electron chi connectivity index (χ2n) is 7.49. The summed E-state index contributed by atoms with van der Waals surface area (Å²) in [5, 5.41) is 4.69. The van der Waals surface area contributed by atoms with Crippen LogP contribution in [0.3, 0.4) is 0 Å². The van der Waals surface area contributed by atoms with E-state index in [0.717, 1.165) is 38.3 Å². The third-order valence-electron chi connectivity index (χ3n) is 5.73. The smallest absolute Gasteiger partial charge is 0.264 e. The lowest BCUT2D eigenvalue weighted by molar-refractivity contribution is 0.0738. The zero-order valence-corrected chi connectivity index (χ0v) is 18.8. The van der Waals surface area contributed by atoms with E-state index in [0.29, 0.717) is 29.1 Å².